The Hall–Kier alpha value is -2.17. The van der Waals surface area contributed by atoms with Crippen molar-refractivity contribution in [2.45, 2.75) is 10.9 Å². The lowest BCUT2D eigenvalue weighted by molar-refractivity contribution is -0.133. The standard InChI is InChI=1S/C17H18ClN3O5S/c18-12-1-3-13(4-2-12)26-14-5-7-15(8-6-14)27(24,25)21-10-9-19-11-16(21)17(22)20-23/h1-8,16,19,23H,9-11H2,(H,20,22). The molecule has 1 aliphatic rings. The fourth-order valence-electron chi connectivity index (χ4n) is 2.73. The Balaban J connectivity index is 1.80. The molecular weight excluding hydrogens is 394 g/mol. The number of rotatable bonds is 5. The van der Waals surface area contributed by atoms with E-state index in [4.69, 9.17) is 21.5 Å². The molecule has 3 rings (SSSR count). The van der Waals surface area contributed by atoms with Crippen LogP contribution in [0.15, 0.2) is 53.4 Å². The summed E-state index contributed by atoms with van der Waals surface area (Å²) in [6, 6.07) is 11.6. The smallest absolute Gasteiger partial charge is 0.263 e. The Morgan fingerprint density at radius 3 is 2.33 bits per heavy atom. The van der Waals surface area contributed by atoms with Gasteiger partial charge in [-0.05, 0) is 48.5 Å². The van der Waals surface area contributed by atoms with Crippen LogP contribution in [-0.2, 0) is 14.8 Å². The molecule has 0 spiro atoms. The number of piperazine rings is 1. The first-order chi connectivity index (χ1) is 12.9. The number of carbonyl (C=O) groups excluding carboxylic acids is 1. The summed E-state index contributed by atoms with van der Waals surface area (Å²) in [4.78, 5) is 11.8. The minimum Gasteiger partial charge on any atom is -0.457 e. The van der Waals surface area contributed by atoms with Crippen molar-refractivity contribution < 1.29 is 23.2 Å². The Kier molecular flexibility index (Phi) is 5.98. The van der Waals surface area contributed by atoms with Gasteiger partial charge in [-0.25, -0.2) is 13.9 Å². The zero-order valence-electron chi connectivity index (χ0n) is 14.1. The molecule has 8 nitrogen and oxygen atoms in total. The van der Waals surface area contributed by atoms with Crippen LogP contribution < -0.4 is 15.5 Å². The molecule has 0 saturated carbocycles. The van der Waals surface area contributed by atoms with Crippen LogP contribution in [0.4, 0.5) is 0 Å². The number of nitrogens with zero attached hydrogens (tertiary/aromatic N) is 1. The van der Waals surface area contributed by atoms with E-state index in [0.29, 0.717) is 23.1 Å². The van der Waals surface area contributed by atoms with Gasteiger partial charge >= 0.3 is 0 Å². The molecule has 1 fully saturated rings. The maximum atomic E-state index is 12.9. The average Bonchev–Trinajstić information content (AvgIpc) is 2.69. The number of hydroxylamine groups is 1. The van der Waals surface area contributed by atoms with Gasteiger partial charge in [0, 0.05) is 24.7 Å². The third kappa shape index (κ3) is 4.40. The van der Waals surface area contributed by atoms with Crippen LogP contribution in [0.25, 0.3) is 0 Å². The molecular formula is C17H18ClN3O5S. The quantitative estimate of drug-likeness (QED) is 0.509. The van der Waals surface area contributed by atoms with Gasteiger partial charge in [-0.1, -0.05) is 11.6 Å². The first-order valence-electron chi connectivity index (χ1n) is 8.12. The van der Waals surface area contributed by atoms with Gasteiger partial charge in [-0.3, -0.25) is 10.0 Å². The number of amides is 1. The van der Waals surface area contributed by atoms with Crippen LogP contribution in [0.1, 0.15) is 0 Å². The fraction of sp³-hybridized carbons (Fsp3) is 0.235. The minimum absolute atomic E-state index is 0.0311. The van der Waals surface area contributed by atoms with Crippen molar-refractivity contribution in [1.29, 1.82) is 0 Å². The van der Waals surface area contributed by atoms with E-state index < -0.39 is 22.0 Å². The van der Waals surface area contributed by atoms with E-state index in [-0.39, 0.29) is 18.0 Å². The van der Waals surface area contributed by atoms with Gasteiger partial charge in [-0.2, -0.15) is 4.31 Å². The van der Waals surface area contributed by atoms with E-state index in [1.54, 1.807) is 24.3 Å². The molecule has 10 heteroatoms. The molecule has 2 aromatic carbocycles. The van der Waals surface area contributed by atoms with Crippen LogP contribution in [-0.4, -0.2) is 49.5 Å². The van der Waals surface area contributed by atoms with Gasteiger partial charge in [0.15, 0.2) is 0 Å². The number of hydrogen-bond acceptors (Lipinski definition) is 6. The Morgan fingerprint density at radius 1 is 1.15 bits per heavy atom. The Bertz CT molecular complexity index is 903. The Labute approximate surface area is 161 Å². The van der Waals surface area contributed by atoms with Crippen molar-refractivity contribution in [3.8, 4) is 11.5 Å². The number of sulfonamides is 1. The lowest BCUT2D eigenvalue weighted by Crippen LogP contribution is -2.59. The van der Waals surface area contributed by atoms with Gasteiger partial charge in [0.25, 0.3) is 5.91 Å². The van der Waals surface area contributed by atoms with Crippen LogP contribution in [0, 0.1) is 0 Å². The fourth-order valence-corrected chi connectivity index (χ4v) is 4.44. The van der Waals surface area contributed by atoms with Crippen LogP contribution in [0.5, 0.6) is 11.5 Å². The predicted octanol–water partition coefficient (Wildman–Crippen LogP) is 1.60. The van der Waals surface area contributed by atoms with E-state index >= 15 is 0 Å². The van der Waals surface area contributed by atoms with Gasteiger partial charge in [0.2, 0.25) is 10.0 Å². The molecule has 1 atom stereocenters. The van der Waals surface area contributed by atoms with Crippen LogP contribution in [0.3, 0.4) is 0 Å². The first kappa shape index (κ1) is 19.6. The van der Waals surface area contributed by atoms with Gasteiger partial charge < -0.3 is 10.1 Å². The molecule has 0 aliphatic carbocycles. The lowest BCUT2D eigenvalue weighted by atomic mass is 10.2. The number of halogens is 1. The molecule has 0 aromatic heterocycles. The van der Waals surface area contributed by atoms with Gasteiger partial charge in [-0.15, -0.1) is 0 Å². The normalized spacial score (nSPS) is 18.1. The second-order valence-corrected chi connectivity index (χ2v) is 8.17. The minimum atomic E-state index is -3.91. The number of ether oxygens (including phenoxy) is 1. The van der Waals surface area contributed by atoms with Crippen molar-refractivity contribution >= 4 is 27.5 Å². The molecule has 1 unspecified atom stereocenters. The van der Waals surface area contributed by atoms with E-state index in [1.165, 1.54) is 29.7 Å². The Morgan fingerprint density at radius 2 is 1.74 bits per heavy atom. The second kappa shape index (κ2) is 8.24. The SMILES string of the molecule is O=C(NO)C1CNCCN1S(=O)(=O)c1ccc(Oc2ccc(Cl)cc2)cc1. The van der Waals surface area contributed by atoms with E-state index in [0.717, 1.165) is 4.31 Å². The maximum absolute atomic E-state index is 12.9. The highest BCUT2D eigenvalue weighted by Crippen LogP contribution is 2.26. The summed E-state index contributed by atoms with van der Waals surface area (Å²) in [6.07, 6.45) is 0. The molecule has 1 amide bonds. The lowest BCUT2D eigenvalue weighted by Gasteiger charge is -2.33. The van der Waals surface area contributed by atoms with Crippen molar-refractivity contribution in [2.75, 3.05) is 19.6 Å². The zero-order valence-corrected chi connectivity index (χ0v) is 15.7. The monoisotopic (exact) mass is 411 g/mol. The van der Waals surface area contributed by atoms with Crippen molar-refractivity contribution in [3.63, 3.8) is 0 Å². The topological polar surface area (TPSA) is 108 Å². The zero-order chi connectivity index (χ0) is 19.4. The molecule has 0 radical (unpaired) electrons. The summed E-state index contributed by atoms with van der Waals surface area (Å²) in [7, 11) is -3.91. The third-order valence-corrected chi connectivity index (χ3v) is 6.26. The van der Waals surface area contributed by atoms with E-state index in [2.05, 4.69) is 5.32 Å². The van der Waals surface area contributed by atoms with Crippen LogP contribution in [0.2, 0.25) is 5.02 Å². The maximum Gasteiger partial charge on any atom is 0.263 e. The van der Waals surface area contributed by atoms with Crippen molar-refractivity contribution in [1.82, 2.24) is 15.1 Å². The highest BCUT2D eigenvalue weighted by Gasteiger charge is 2.37. The molecule has 1 saturated heterocycles. The molecule has 1 heterocycles. The van der Waals surface area contributed by atoms with Crippen LogP contribution >= 0.6 is 11.6 Å². The molecule has 144 valence electrons. The predicted molar refractivity (Wildman–Crippen MR) is 98.4 cm³/mol. The van der Waals surface area contributed by atoms with Gasteiger partial charge in [0.1, 0.15) is 17.5 Å². The summed E-state index contributed by atoms with van der Waals surface area (Å²) in [6.45, 7) is 0.638. The molecule has 27 heavy (non-hydrogen) atoms. The summed E-state index contributed by atoms with van der Waals surface area (Å²) < 4.78 is 32.5. The van der Waals surface area contributed by atoms with E-state index in [1.807, 2.05) is 0 Å². The number of hydrogen-bond donors (Lipinski definition) is 3. The third-order valence-electron chi connectivity index (χ3n) is 4.09. The van der Waals surface area contributed by atoms with Crippen molar-refractivity contribution in [3.05, 3.63) is 53.6 Å². The molecule has 1 aliphatic heterocycles. The van der Waals surface area contributed by atoms with Gasteiger partial charge in [0.05, 0.1) is 4.90 Å². The number of carbonyl (C=O) groups is 1. The summed E-state index contributed by atoms with van der Waals surface area (Å²) in [5.74, 6) is 0.242. The average molecular weight is 412 g/mol. The summed E-state index contributed by atoms with van der Waals surface area (Å²) in [5.41, 5.74) is 1.51. The number of benzene rings is 2. The molecule has 3 N–H and O–H groups in total. The molecule has 0 bridgehead atoms. The largest absolute Gasteiger partial charge is 0.457 e. The summed E-state index contributed by atoms with van der Waals surface area (Å²) in [5, 5.41) is 12.4. The highest BCUT2D eigenvalue weighted by atomic mass is 35.5. The summed E-state index contributed by atoms with van der Waals surface area (Å²) >= 11 is 5.83. The highest BCUT2D eigenvalue weighted by molar-refractivity contribution is 7.89. The van der Waals surface area contributed by atoms with Crippen molar-refractivity contribution in [2.24, 2.45) is 0 Å². The second-order valence-electron chi connectivity index (χ2n) is 5.84. The first-order valence-corrected chi connectivity index (χ1v) is 9.93. The number of nitrogens with one attached hydrogen (secondary N) is 2. The van der Waals surface area contributed by atoms with E-state index in [9.17, 15) is 13.2 Å². The molecule has 2 aromatic rings.